The van der Waals surface area contributed by atoms with Crippen LogP contribution < -0.4 is 0 Å². The van der Waals surface area contributed by atoms with E-state index in [0.717, 1.165) is 32.2 Å². The first-order valence-corrected chi connectivity index (χ1v) is 6.21. The van der Waals surface area contributed by atoms with E-state index in [1.54, 1.807) is 19.0 Å². The molecule has 3 nitrogen and oxygen atoms in total. The number of nitrogens with zero attached hydrogens (tertiary/aromatic N) is 1. The maximum atomic E-state index is 12.2. The summed E-state index contributed by atoms with van der Waals surface area (Å²) in [6, 6.07) is 4.03. The Hall–Kier alpha value is -1.29. The van der Waals surface area contributed by atoms with Crippen LogP contribution in [0.15, 0.2) is 16.6 Å². The molecule has 2 rings (SSSR count). The predicted molar refractivity (Wildman–Crippen MR) is 73.5 cm³/mol. The summed E-state index contributed by atoms with van der Waals surface area (Å²) in [6.45, 7) is 3.97. The van der Waals surface area contributed by atoms with Gasteiger partial charge in [-0.05, 0) is 31.5 Å². The third-order valence-corrected chi connectivity index (χ3v) is 3.34. The van der Waals surface area contributed by atoms with Crippen LogP contribution in [-0.4, -0.2) is 29.9 Å². The van der Waals surface area contributed by atoms with Gasteiger partial charge in [-0.25, -0.2) is 0 Å². The molecule has 0 radical (unpaired) electrons. The lowest BCUT2D eigenvalue weighted by molar-refractivity contribution is 0.0829. The van der Waals surface area contributed by atoms with E-state index in [-0.39, 0.29) is 5.91 Å². The minimum atomic E-state index is 0.0336. The predicted octanol–water partition coefficient (Wildman–Crippen LogP) is 3.25. The molecule has 0 saturated carbocycles. The van der Waals surface area contributed by atoms with E-state index in [1.807, 2.05) is 26.0 Å². The molecule has 0 aliphatic carbocycles. The Morgan fingerprint density at radius 3 is 2.53 bits per heavy atom. The highest BCUT2D eigenvalue weighted by molar-refractivity contribution is 9.10. The second kappa shape index (κ2) is 4.18. The Balaban J connectivity index is 2.79. The van der Waals surface area contributed by atoms with E-state index in [4.69, 9.17) is 0 Å². The molecule has 0 aliphatic rings. The van der Waals surface area contributed by atoms with E-state index in [9.17, 15) is 4.79 Å². The van der Waals surface area contributed by atoms with Crippen molar-refractivity contribution in [1.82, 2.24) is 9.88 Å². The van der Waals surface area contributed by atoms with Gasteiger partial charge in [0.2, 0.25) is 0 Å². The second-order valence-corrected chi connectivity index (χ2v) is 5.39. The quantitative estimate of drug-likeness (QED) is 0.861. The van der Waals surface area contributed by atoms with Gasteiger partial charge in [-0.3, -0.25) is 4.79 Å². The van der Waals surface area contributed by atoms with Gasteiger partial charge in [0.05, 0.1) is 5.56 Å². The molecule has 0 unspecified atom stereocenters. The number of aromatic amines is 1. The van der Waals surface area contributed by atoms with Gasteiger partial charge in [0.1, 0.15) is 0 Å². The summed E-state index contributed by atoms with van der Waals surface area (Å²) >= 11 is 3.47. The van der Waals surface area contributed by atoms with Gasteiger partial charge in [-0.2, -0.15) is 0 Å². The molecular formula is C13H15BrN2O. The molecule has 1 aromatic carbocycles. The van der Waals surface area contributed by atoms with Gasteiger partial charge >= 0.3 is 0 Å². The van der Waals surface area contributed by atoms with Crippen LogP contribution in [0, 0.1) is 13.8 Å². The number of halogens is 1. The molecule has 1 aromatic heterocycles. The number of hydrogen-bond acceptors (Lipinski definition) is 1. The summed E-state index contributed by atoms with van der Waals surface area (Å²) in [5.74, 6) is 0.0336. The lowest BCUT2D eigenvalue weighted by Gasteiger charge is -2.10. The van der Waals surface area contributed by atoms with Crippen molar-refractivity contribution in [1.29, 1.82) is 0 Å². The van der Waals surface area contributed by atoms with Crippen LogP contribution in [-0.2, 0) is 0 Å². The lowest BCUT2D eigenvalue weighted by atomic mass is 10.1. The zero-order valence-electron chi connectivity index (χ0n) is 10.4. The number of benzene rings is 1. The van der Waals surface area contributed by atoms with Crippen molar-refractivity contribution in [3.63, 3.8) is 0 Å². The summed E-state index contributed by atoms with van der Waals surface area (Å²) in [7, 11) is 3.54. The van der Waals surface area contributed by atoms with Crippen LogP contribution in [0.2, 0.25) is 0 Å². The van der Waals surface area contributed by atoms with Crippen LogP contribution in [0.1, 0.15) is 21.6 Å². The number of H-pyrrole nitrogens is 1. The molecule has 0 bridgehead atoms. The minimum Gasteiger partial charge on any atom is -0.358 e. The van der Waals surface area contributed by atoms with Gasteiger partial charge < -0.3 is 9.88 Å². The van der Waals surface area contributed by atoms with Crippen molar-refractivity contribution in [2.45, 2.75) is 13.8 Å². The largest absolute Gasteiger partial charge is 0.358 e. The minimum absolute atomic E-state index is 0.0336. The zero-order chi connectivity index (χ0) is 12.7. The van der Waals surface area contributed by atoms with Gasteiger partial charge in [-0.15, -0.1) is 0 Å². The van der Waals surface area contributed by atoms with Crippen molar-refractivity contribution < 1.29 is 4.79 Å². The summed E-state index contributed by atoms with van der Waals surface area (Å²) in [6.07, 6.45) is 0. The number of carbonyl (C=O) groups is 1. The Bertz CT molecular complexity index is 599. The molecule has 17 heavy (non-hydrogen) atoms. The maximum absolute atomic E-state index is 12.2. The zero-order valence-corrected chi connectivity index (χ0v) is 12.0. The molecular weight excluding hydrogens is 280 g/mol. The highest BCUT2D eigenvalue weighted by Crippen LogP contribution is 2.29. The van der Waals surface area contributed by atoms with Crippen molar-refractivity contribution >= 4 is 32.7 Å². The first-order valence-electron chi connectivity index (χ1n) is 5.42. The lowest BCUT2D eigenvalue weighted by Crippen LogP contribution is -2.22. The normalized spacial score (nSPS) is 10.9. The Labute approximate surface area is 109 Å². The fourth-order valence-corrected chi connectivity index (χ4v) is 2.63. The van der Waals surface area contributed by atoms with Gasteiger partial charge in [0, 0.05) is 35.2 Å². The molecule has 0 atom stereocenters. The van der Waals surface area contributed by atoms with Crippen LogP contribution in [0.5, 0.6) is 0 Å². The van der Waals surface area contributed by atoms with Crippen LogP contribution in [0.25, 0.3) is 10.9 Å². The molecule has 1 amide bonds. The molecule has 1 heterocycles. The number of amides is 1. The number of fused-ring (bicyclic) bond motifs is 1. The third kappa shape index (κ3) is 1.97. The Kier molecular flexibility index (Phi) is 3.00. The Morgan fingerprint density at radius 1 is 1.29 bits per heavy atom. The average molecular weight is 295 g/mol. The van der Waals surface area contributed by atoms with E-state index >= 15 is 0 Å². The summed E-state index contributed by atoms with van der Waals surface area (Å²) in [5, 5.41) is 0.980. The van der Waals surface area contributed by atoms with Gasteiger partial charge in [-0.1, -0.05) is 15.9 Å². The molecule has 0 aliphatic heterocycles. The highest BCUT2D eigenvalue weighted by atomic mass is 79.9. The van der Waals surface area contributed by atoms with Crippen molar-refractivity contribution in [3.05, 3.63) is 33.4 Å². The fraction of sp³-hybridized carbons (Fsp3) is 0.308. The standard InChI is InChI=1S/C13H15BrN2O/c1-7-5-9(14)6-10-11(13(17)16(3)4)8(2)15-12(7)10/h5-6,15H,1-4H3. The number of aryl methyl sites for hydroxylation is 2. The number of carbonyl (C=O) groups excluding carboxylic acids is 1. The van der Waals surface area contributed by atoms with Crippen LogP contribution >= 0.6 is 15.9 Å². The van der Waals surface area contributed by atoms with E-state index < -0.39 is 0 Å². The van der Waals surface area contributed by atoms with Gasteiger partial charge in [0.15, 0.2) is 0 Å². The summed E-state index contributed by atoms with van der Waals surface area (Å²) < 4.78 is 0.995. The number of hydrogen-bond donors (Lipinski definition) is 1. The third-order valence-electron chi connectivity index (χ3n) is 2.88. The molecule has 0 spiro atoms. The summed E-state index contributed by atoms with van der Waals surface area (Å²) in [4.78, 5) is 17.0. The highest BCUT2D eigenvalue weighted by Gasteiger charge is 2.18. The number of rotatable bonds is 1. The molecule has 1 N–H and O–H groups in total. The molecule has 90 valence electrons. The van der Waals surface area contributed by atoms with Crippen molar-refractivity contribution in [3.8, 4) is 0 Å². The van der Waals surface area contributed by atoms with E-state index in [2.05, 4.69) is 20.9 Å². The van der Waals surface area contributed by atoms with Crippen molar-refractivity contribution in [2.75, 3.05) is 14.1 Å². The van der Waals surface area contributed by atoms with E-state index in [0.29, 0.717) is 0 Å². The average Bonchev–Trinajstić information content (AvgIpc) is 2.54. The molecule has 2 aromatic rings. The SMILES string of the molecule is Cc1[nH]c2c(C)cc(Br)cc2c1C(=O)N(C)C. The van der Waals surface area contributed by atoms with Crippen LogP contribution in [0.3, 0.4) is 0 Å². The fourth-order valence-electron chi connectivity index (χ4n) is 2.06. The van der Waals surface area contributed by atoms with Crippen LogP contribution in [0.4, 0.5) is 0 Å². The smallest absolute Gasteiger partial charge is 0.255 e. The molecule has 0 saturated heterocycles. The summed E-state index contributed by atoms with van der Waals surface area (Å²) in [5.41, 5.74) is 3.85. The molecule has 4 heteroatoms. The van der Waals surface area contributed by atoms with E-state index in [1.165, 1.54) is 0 Å². The van der Waals surface area contributed by atoms with Crippen molar-refractivity contribution in [2.24, 2.45) is 0 Å². The first-order chi connectivity index (χ1) is 7.91. The number of aromatic nitrogens is 1. The topological polar surface area (TPSA) is 36.1 Å². The molecule has 0 fully saturated rings. The first kappa shape index (κ1) is 12.2. The monoisotopic (exact) mass is 294 g/mol. The number of nitrogens with one attached hydrogen (secondary N) is 1. The maximum Gasteiger partial charge on any atom is 0.255 e. The Morgan fingerprint density at radius 2 is 1.94 bits per heavy atom. The second-order valence-electron chi connectivity index (χ2n) is 4.47. The van der Waals surface area contributed by atoms with Gasteiger partial charge in [0.25, 0.3) is 5.91 Å².